The second-order valence-electron chi connectivity index (χ2n) is 6.63. The lowest BCUT2D eigenvalue weighted by molar-refractivity contribution is 0.392. The highest BCUT2D eigenvalue weighted by Gasteiger charge is 2.25. The van der Waals surface area contributed by atoms with E-state index in [-0.39, 0.29) is 0 Å². The molecule has 0 radical (unpaired) electrons. The first kappa shape index (κ1) is 17.5. The van der Waals surface area contributed by atoms with Gasteiger partial charge in [-0.1, -0.05) is 35.5 Å². The molecule has 1 aromatic carbocycles. The highest BCUT2D eigenvalue weighted by atomic mass is 16.5. The predicted octanol–water partition coefficient (Wildman–Crippen LogP) is 3.29. The van der Waals surface area contributed by atoms with E-state index in [0.29, 0.717) is 5.92 Å². The van der Waals surface area contributed by atoms with E-state index in [9.17, 15) is 0 Å². The third kappa shape index (κ3) is 4.21. The van der Waals surface area contributed by atoms with Crippen LogP contribution in [0.5, 0.6) is 0 Å². The molecule has 1 saturated heterocycles. The molecule has 0 aliphatic carbocycles. The molecule has 1 aliphatic heterocycles. The second-order valence-corrected chi connectivity index (χ2v) is 6.63. The van der Waals surface area contributed by atoms with E-state index in [1.165, 1.54) is 17.5 Å². The van der Waals surface area contributed by atoms with E-state index in [2.05, 4.69) is 52.6 Å². The number of aliphatic imine (C=N–C) groups is 1. The van der Waals surface area contributed by atoms with Gasteiger partial charge < -0.3 is 14.7 Å². The van der Waals surface area contributed by atoms with Crippen LogP contribution in [0.15, 0.2) is 39.8 Å². The summed E-state index contributed by atoms with van der Waals surface area (Å²) in [5.41, 5.74) is 3.59. The van der Waals surface area contributed by atoms with E-state index < -0.39 is 0 Å². The summed E-state index contributed by atoms with van der Waals surface area (Å²) in [4.78, 5) is 7.23. The molecule has 3 rings (SSSR count). The van der Waals surface area contributed by atoms with E-state index in [1.807, 2.05) is 13.8 Å². The minimum Gasteiger partial charge on any atom is -0.361 e. The van der Waals surface area contributed by atoms with Crippen molar-refractivity contribution in [2.45, 2.75) is 39.5 Å². The topological polar surface area (TPSA) is 53.7 Å². The average molecular weight is 340 g/mol. The van der Waals surface area contributed by atoms with Crippen molar-refractivity contribution in [2.75, 3.05) is 26.2 Å². The molecule has 0 amide bonds. The average Bonchev–Trinajstić information content (AvgIpc) is 3.24. The maximum absolute atomic E-state index is 5.24. The predicted molar refractivity (Wildman–Crippen MR) is 101 cm³/mol. The first-order valence-electron chi connectivity index (χ1n) is 9.19. The van der Waals surface area contributed by atoms with Gasteiger partial charge in [-0.3, -0.25) is 4.99 Å². The molecule has 2 aromatic rings. The van der Waals surface area contributed by atoms with E-state index in [1.54, 1.807) is 0 Å². The summed E-state index contributed by atoms with van der Waals surface area (Å²) < 4.78 is 5.24. The van der Waals surface area contributed by atoms with Gasteiger partial charge in [0.05, 0.1) is 5.69 Å². The maximum Gasteiger partial charge on any atom is 0.193 e. The van der Waals surface area contributed by atoms with Gasteiger partial charge in [0.25, 0.3) is 0 Å². The zero-order valence-electron chi connectivity index (χ0n) is 15.5. The summed E-state index contributed by atoms with van der Waals surface area (Å²) in [6.07, 6.45) is 2.05. The molecule has 0 bridgehead atoms. The fraction of sp³-hybridized carbons (Fsp3) is 0.500. The number of hydrogen-bond acceptors (Lipinski definition) is 3. The second kappa shape index (κ2) is 8.19. The summed E-state index contributed by atoms with van der Waals surface area (Å²) in [6, 6.07) is 10.8. The van der Waals surface area contributed by atoms with Crippen LogP contribution in [0.3, 0.4) is 0 Å². The van der Waals surface area contributed by atoms with Crippen LogP contribution >= 0.6 is 0 Å². The molecule has 1 aromatic heterocycles. The molecule has 5 nitrogen and oxygen atoms in total. The number of guanidine groups is 1. The normalized spacial score (nSPS) is 18.0. The minimum atomic E-state index is 0.590. The molecule has 134 valence electrons. The Bertz CT molecular complexity index is 688. The fourth-order valence-corrected chi connectivity index (χ4v) is 3.51. The van der Waals surface area contributed by atoms with Crippen LogP contribution in [0.25, 0.3) is 0 Å². The lowest BCUT2D eigenvalue weighted by Crippen LogP contribution is -2.40. The van der Waals surface area contributed by atoms with Crippen molar-refractivity contribution in [3.05, 3.63) is 52.9 Å². The van der Waals surface area contributed by atoms with Crippen molar-refractivity contribution < 1.29 is 4.52 Å². The third-order valence-electron chi connectivity index (χ3n) is 4.90. The molecule has 0 saturated carbocycles. The number of benzene rings is 1. The molecule has 5 heteroatoms. The number of aromatic nitrogens is 1. The molecular formula is C20H28N4O. The first-order valence-corrected chi connectivity index (χ1v) is 9.19. The van der Waals surface area contributed by atoms with Crippen molar-refractivity contribution >= 4 is 5.96 Å². The van der Waals surface area contributed by atoms with Gasteiger partial charge in [-0.05, 0) is 39.2 Å². The Hall–Kier alpha value is -2.30. The van der Waals surface area contributed by atoms with E-state index in [0.717, 1.165) is 50.0 Å². The van der Waals surface area contributed by atoms with Crippen molar-refractivity contribution in [1.82, 2.24) is 15.4 Å². The Morgan fingerprint density at radius 3 is 2.80 bits per heavy atom. The summed E-state index contributed by atoms with van der Waals surface area (Å²) in [5.74, 6) is 2.52. The van der Waals surface area contributed by atoms with E-state index >= 15 is 0 Å². The Kier molecular flexibility index (Phi) is 5.74. The van der Waals surface area contributed by atoms with Gasteiger partial charge in [-0.25, -0.2) is 0 Å². The standard InChI is InChI=1S/C20H28N4O/c1-4-21-20(22-12-10-19-15(2)23-25-16(19)3)24-13-11-18(14-24)17-8-6-5-7-9-17/h5-9,18H,4,10-14H2,1-3H3,(H,21,22). The Morgan fingerprint density at radius 1 is 1.32 bits per heavy atom. The van der Waals surface area contributed by atoms with Crippen molar-refractivity contribution in [1.29, 1.82) is 0 Å². The van der Waals surface area contributed by atoms with E-state index in [4.69, 9.17) is 9.52 Å². The number of nitrogens with one attached hydrogen (secondary N) is 1. The van der Waals surface area contributed by atoms with Gasteiger partial charge in [0.15, 0.2) is 5.96 Å². The van der Waals surface area contributed by atoms with Crippen LogP contribution < -0.4 is 5.32 Å². The lowest BCUT2D eigenvalue weighted by Gasteiger charge is -2.21. The zero-order valence-corrected chi connectivity index (χ0v) is 15.5. The Labute approximate surface area is 150 Å². The third-order valence-corrected chi connectivity index (χ3v) is 4.90. The van der Waals surface area contributed by atoms with Crippen LogP contribution in [0.4, 0.5) is 0 Å². The molecule has 0 spiro atoms. The molecule has 1 fully saturated rings. The Balaban J connectivity index is 1.63. The van der Waals surface area contributed by atoms with Crippen molar-refractivity contribution in [3.8, 4) is 0 Å². The summed E-state index contributed by atoms with van der Waals surface area (Å²) >= 11 is 0. The smallest absolute Gasteiger partial charge is 0.193 e. The molecule has 1 atom stereocenters. The molecule has 1 N–H and O–H groups in total. The molecule has 1 unspecified atom stereocenters. The van der Waals surface area contributed by atoms with Gasteiger partial charge in [0, 0.05) is 37.7 Å². The molecular weight excluding hydrogens is 312 g/mol. The first-order chi connectivity index (χ1) is 12.2. The molecule has 25 heavy (non-hydrogen) atoms. The largest absolute Gasteiger partial charge is 0.361 e. The van der Waals surface area contributed by atoms with Gasteiger partial charge >= 0.3 is 0 Å². The summed E-state index contributed by atoms with van der Waals surface area (Å²) in [5, 5.41) is 7.46. The number of hydrogen-bond donors (Lipinski definition) is 1. The summed E-state index contributed by atoms with van der Waals surface area (Å²) in [7, 11) is 0. The number of rotatable bonds is 5. The van der Waals surface area contributed by atoms with Crippen LogP contribution in [0.2, 0.25) is 0 Å². The number of aryl methyl sites for hydroxylation is 2. The maximum atomic E-state index is 5.24. The highest BCUT2D eigenvalue weighted by Crippen LogP contribution is 2.26. The summed E-state index contributed by atoms with van der Waals surface area (Å²) in [6.45, 7) is 9.79. The number of nitrogens with zero attached hydrogens (tertiary/aromatic N) is 3. The number of likely N-dealkylation sites (tertiary alicyclic amines) is 1. The van der Waals surface area contributed by atoms with Crippen molar-refractivity contribution in [2.24, 2.45) is 4.99 Å². The lowest BCUT2D eigenvalue weighted by atomic mass is 9.99. The quantitative estimate of drug-likeness (QED) is 0.670. The van der Waals surface area contributed by atoms with Gasteiger partial charge in [0.2, 0.25) is 0 Å². The molecule has 2 heterocycles. The zero-order chi connectivity index (χ0) is 17.6. The minimum absolute atomic E-state index is 0.590. The SMILES string of the molecule is CCNC(=NCCc1c(C)noc1C)N1CCC(c2ccccc2)C1. The molecule has 1 aliphatic rings. The van der Waals surface area contributed by atoms with Crippen molar-refractivity contribution in [3.63, 3.8) is 0 Å². The Morgan fingerprint density at radius 2 is 2.12 bits per heavy atom. The van der Waals surface area contributed by atoms with Crippen LogP contribution in [0, 0.1) is 13.8 Å². The fourth-order valence-electron chi connectivity index (χ4n) is 3.51. The monoisotopic (exact) mass is 340 g/mol. The van der Waals surface area contributed by atoms with Crippen LogP contribution in [-0.4, -0.2) is 42.2 Å². The highest BCUT2D eigenvalue weighted by molar-refractivity contribution is 5.80. The van der Waals surface area contributed by atoms with Gasteiger partial charge in [-0.15, -0.1) is 0 Å². The van der Waals surface area contributed by atoms with Crippen LogP contribution in [-0.2, 0) is 6.42 Å². The van der Waals surface area contributed by atoms with Gasteiger partial charge in [0.1, 0.15) is 5.76 Å². The van der Waals surface area contributed by atoms with Gasteiger partial charge in [-0.2, -0.15) is 0 Å². The van der Waals surface area contributed by atoms with Crippen LogP contribution in [0.1, 0.15) is 41.8 Å².